The molecule has 1 unspecified atom stereocenters. The molecule has 0 saturated heterocycles. The predicted molar refractivity (Wildman–Crippen MR) is 69.4 cm³/mol. The maximum absolute atomic E-state index is 11.6. The van der Waals surface area contributed by atoms with Crippen LogP contribution in [0.3, 0.4) is 0 Å². The van der Waals surface area contributed by atoms with Crippen LogP contribution in [0.4, 0.5) is 0 Å². The second-order valence-electron chi connectivity index (χ2n) is 3.55. The van der Waals surface area contributed by atoms with Gasteiger partial charge in [0.2, 0.25) is 0 Å². The first-order valence-corrected chi connectivity index (χ1v) is 6.78. The third kappa shape index (κ3) is 4.77. The molecular formula is C12H15NO4S. The molecule has 2 N–H and O–H groups in total. The average Bonchev–Trinajstić information content (AvgIpc) is 2.39. The summed E-state index contributed by atoms with van der Waals surface area (Å²) in [5.41, 5.74) is 2.66. The van der Waals surface area contributed by atoms with Gasteiger partial charge in [0, 0.05) is 0 Å². The van der Waals surface area contributed by atoms with Crippen molar-refractivity contribution in [3.63, 3.8) is 0 Å². The number of benzene rings is 1. The van der Waals surface area contributed by atoms with E-state index in [0.29, 0.717) is 17.7 Å². The maximum atomic E-state index is 11.6. The van der Waals surface area contributed by atoms with E-state index in [2.05, 4.69) is 5.48 Å². The number of hydrogen-bond acceptors (Lipinski definition) is 5. The molecule has 0 fully saturated rings. The average molecular weight is 269 g/mol. The van der Waals surface area contributed by atoms with Gasteiger partial charge in [-0.3, -0.25) is 4.79 Å². The summed E-state index contributed by atoms with van der Waals surface area (Å²) in [6.07, 6.45) is 2.27. The largest absolute Gasteiger partial charge is 0.480 e. The van der Waals surface area contributed by atoms with Crippen LogP contribution in [0.5, 0.6) is 0 Å². The number of nitrogens with one attached hydrogen (secondary N) is 1. The molecule has 0 bridgehead atoms. The molecule has 1 atom stereocenters. The highest BCUT2D eigenvalue weighted by Gasteiger charge is 2.19. The summed E-state index contributed by atoms with van der Waals surface area (Å²) in [5.74, 6) is -0.955. The van der Waals surface area contributed by atoms with Crippen molar-refractivity contribution in [2.75, 3.05) is 12.0 Å². The summed E-state index contributed by atoms with van der Waals surface area (Å²) in [5, 5.41) is 8.92. The zero-order chi connectivity index (χ0) is 13.4. The molecule has 18 heavy (non-hydrogen) atoms. The van der Waals surface area contributed by atoms with E-state index in [1.165, 1.54) is 11.8 Å². The molecule has 0 spiro atoms. The van der Waals surface area contributed by atoms with Crippen LogP contribution in [0.1, 0.15) is 16.8 Å². The van der Waals surface area contributed by atoms with Crippen molar-refractivity contribution in [1.82, 2.24) is 5.48 Å². The first kappa shape index (κ1) is 14.5. The van der Waals surface area contributed by atoms with Crippen molar-refractivity contribution in [3.8, 4) is 0 Å². The highest BCUT2D eigenvalue weighted by molar-refractivity contribution is 7.98. The molecule has 0 heterocycles. The summed E-state index contributed by atoms with van der Waals surface area (Å²) in [6, 6.07) is 7.51. The third-order valence-electron chi connectivity index (χ3n) is 2.21. The van der Waals surface area contributed by atoms with E-state index < -0.39 is 18.0 Å². The van der Waals surface area contributed by atoms with Gasteiger partial charge in [0.25, 0.3) is 0 Å². The monoisotopic (exact) mass is 269 g/mol. The topological polar surface area (TPSA) is 75.6 Å². The smallest absolute Gasteiger partial charge is 0.356 e. The first-order valence-electron chi connectivity index (χ1n) is 5.38. The Bertz CT molecular complexity index is 396. The number of carbonyl (C=O) groups excluding carboxylic acids is 1. The van der Waals surface area contributed by atoms with E-state index in [-0.39, 0.29) is 0 Å². The van der Waals surface area contributed by atoms with Crippen molar-refractivity contribution in [2.24, 2.45) is 0 Å². The number of hydroxylamine groups is 1. The van der Waals surface area contributed by atoms with Gasteiger partial charge >= 0.3 is 11.9 Å². The lowest BCUT2D eigenvalue weighted by Crippen LogP contribution is -2.38. The molecule has 0 aliphatic rings. The molecule has 1 aromatic carbocycles. The van der Waals surface area contributed by atoms with Crippen LogP contribution in [0.15, 0.2) is 30.3 Å². The SMILES string of the molecule is CSCCC(NOC(=O)c1ccccc1)C(=O)O. The Morgan fingerprint density at radius 2 is 2.06 bits per heavy atom. The van der Waals surface area contributed by atoms with E-state index in [1.54, 1.807) is 30.3 Å². The van der Waals surface area contributed by atoms with Gasteiger partial charge < -0.3 is 9.94 Å². The maximum Gasteiger partial charge on any atom is 0.356 e. The zero-order valence-corrected chi connectivity index (χ0v) is 10.8. The van der Waals surface area contributed by atoms with Gasteiger partial charge in [0.05, 0.1) is 5.56 Å². The molecule has 98 valence electrons. The highest BCUT2D eigenvalue weighted by Crippen LogP contribution is 2.03. The molecule has 5 nitrogen and oxygen atoms in total. The van der Waals surface area contributed by atoms with Crippen molar-refractivity contribution < 1.29 is 19.5 Å². The number of aliphatic carboxylic acids is 1. The second kappa shape index (κ2) is 7.73. The minimum Gasteiger partial charge on any atom is -0.480 e. The van der Waals surface area contributed by atoms with Gasteiger partial charge in [-0.05, 0) is 30.6 Å². The number of carboxylic acids is 1. The van der Waals surface area contributed by atoms with E-state index in [4.69, 9.17) is 9.94 Å². The molecule has 1 rings (SSSR count). The van der Waals surface area contributed by atoms with Gasteiger partial charge in [-0.2, -0.15) is 11.8 Å². The first-order chi connectivity index (χ1) is 8.65. The quantitative estimate of drug-likeness (QED) is 0.732. The van der Waals surface area contributed by atoms with Gasteiger partial charge in [0.15, 0.2) is 0 Å². The molecule has 0 saturated carbocycles. The van der Waals surface area contributed by atoms with E-state index >= 15 is 0 Å². The van der Waals surface area contributed by atoms with Crippen LogP contribution >= 0.6 is 11.8 Å². The van der Waals surface area contributed by atoms with Crippen LogP contribution in [-0.2, 0) is 9.63 Å². The third-order valence-corrected chi connectivity index (χ3v) is 2.86. The van der Waals surface area contributed by atoms with Crippen LogP contribution < -0.4 is 5.48 Å². The standard InChI is InChI=1S/C12H15NO4S/c1-18-8-7-10(11(14)15)13-17-12(16)9-5-3-2-4-6-9/h2-6,10,13H,7-8H2,1H3,(H,14,15). The van der Waals surface area contributed by atoms with E-state index in [0.717, 1.165) is 0 Å². The summed E-state index contributed by atoms with van der Waals surface area (Å²) < 4.78 is 0. The van der Waals surface area contributed by atoms with Gasteiger partial charge in [-0.15, -0.1) is 5.48 Å². The molecule has 6 heteroatoms. The van der Waals surface area contributed by atoms with Crippen LogP contribution in [0, 0.1) is 0 Å². The summed E-state index contributed by atoms with van der Waals surface area (Å²) >= 11 is 1.53. The molecule has 0 radical (unpaired) electrons. The number of carboxylic acid groups (broad SMARTS) is 1. The lowest BCUT2D eigenvalue weighted by Gasteiger charge is -2.13. The highest BCUT2D eigenvalue weighted by atomic mass is 32.2. The Kier molecular flexibility index (Phi) is 6.24. The van der Waals surface area contributed by atoms with E-state index in [9.17, 15) is 9.59 Å². The number of thioether (sulfide) groups is 1. The molecule has 0 aliphatic carbocycles. The minimum absolute atomic E-state index is 0.374. The summed E-state index contributed by atoms with van der Waals surface area (Å²) in [6.45, 7) is 0. The number of rotatable bonds is 7. The molecule has 0 aromatic heterocycles. The Balaban J connectivity index is 2.47. The molecule has 0 amide bonds. The van der Waals surface area contributed by atoms with Gasteiger partial charge in [-0.1, -0.05) is 18.2 Å². The summed E-state index contributed by atoms with van der Waals surface area (Å²) in [7, 11) is 0. The Morgan fingerprint density at radius 3 is 2.61 bits per heavy atom. The number of hydrogen-bond donors (Lipinski definition) is 2. The fourth-order valence-electron chi connectivity index (χ4n) is 1.23. The zero-order valence-electron chi connectivity index (χ0n) is 9.96. The minimum atomic E-state index is -1.04. The lowest BCUT2D eigenvalue weighted by molar-refractivity contribution is -0.142. The Labute approximate surface area is 109 Å². The lowest BCUT2D eigenvalue weighted by atomic mass is 10.2. The van der Waals surface area contributed by atoms with Crippen molar-refractivity contribution in [2.45, 2.75) is 12.5 Å². The van der Waals surface area contributed by atoms with Crippen molar-refractivity contribution >= 4 is 23.7 Å². The molecule has 1 aromatic rings. The molecular weight excluding hydrogens is 254 g/mol. The summed E-state index contributed by atoms with van der Waals surface area (Å²) in [4.78, 5) is 27.2. The van der Waals surface area contributed by atoms with Crippen molar-refractivity contribution in [1.29, 1.82) is 0 Å². The fourth-order valence-corrected chi connectivity index (χ4v) is 1.70. The second-order valence-corrected chi connectivity index (χ2v) is 4.53. The fraction of sp³-hybridized carbons (Fsp3) is 0.333. The predicted octanol–water partition coefficient (Wildman–Crippen LogP) is 1.55. The normalized spacial score (nSPS) is 11.8. The Hall–Kier alpha value is -1.53. The van der Waals surface area contributed by atoms with Crippen LogP contribution in [-0.4, -0.2) is 35.1 Å². The van der Waals surface area contributed by atoms with Gasteiger partial charge in [0.1, 0.15) is 6.04 Å². The van der Waals surface area contributed by atoms with Gasteiger partial charge in [-0.25, -0.2) is 4.79 Å². The molecule has 0 aliphatic heterocycles. The van der Waals surface area contributed by atoms with E-state index in [1.807, 2.05) is 6.26 Å². The number of carbonyl (C=O) groups is 2. The van der Waals surface area contributed by atoms with Crippen LogP contribution in [0.25, 0.3) is 0 Å². The van der Waals surface area contributed by atoms with Crippen molar-refractivity contribution in [3.05, 3.63) is 35.9 Å². The van der Waals surface area contributed by atoms with Crippen LogP contribution in [0.2, 0.25) is 0 Å². The Morgan fingerprint density at radius 1 is 1.39 bits per heavy atom.